The molecule has 0 aliphatic rings. The van der Waals surface area contributed by atoms with Gasteiger partial charge >= 0.3 is 0 Å². The Morgan fingerprint density at radius 3 is 2.38 bits per heavy atom. The lowest BCUT2D eigenvalue weighted by Gasteiger charge is -2.14. The number of methoxy groups -OCH3 is 2. The molecule has 0 unspecified atom stereocenters. The average molecular weight is 287 g/mol. The van der Waals surface area contributed by atoms with Gasteiger partial charge < -0.3 is 14.0 Å². The molecule has 2 aromatic rings. The molecule has 21 heavy (non-hydrogen) atoms. The molecule has 0 N–H and O–H groups in total. The van der Waals surface area contributed by atoms with E-state index < -0.39 is 0 Å². The number of benzene rings is 1. The van der Waals surface area contributed by atoms with Crippen LogP contribution in [0.1, 0.15) is 17.3 Å². The van der Waals surface area contributed by atoms with Crippen molar-refractivity contribution in [2.45, 2.75) is 13.5 Å². The van der Waals surface area contributed by atoms with Crippen LogP contribution in [0.2, 0.25) is 0 Å². The molecule has 0 amide bonds. The van der Waals surface area contributed by atoms with Gasteiger partial charge in [-0.15, -0.1) is 0 Å². The van der Waals surface area contributed by atoms with Gasteiger partial charge in [0.1, 0.15) is 0 Å². The molecule has 1 aromatic heterocycles. The molecule has 1 heterocycles. The summed E-state index contributed by atoms with van der Waals surface area (Å²) in [6, 6.07) is 8.74. The van der Waals surface area contributed by atoms with E-state index in [2.05, 4.69) is 0 Å². The molecule has 5 heteroatoms. The Labute approximate surface area is 122 Å². The van der Waals surface area contributed by atoms with Crippen molar-refractivity contribution in [3.8, 4) is 22.8 Å². The van der Waals surface area contributed by atoms with Gasteiger partial charge in [0.25, 0.3) is 5.56 Å². The number of ether oxygens (including phenoxy) is 2. The third-order valence-electron chi connectivity index (χ3n) is 3.33. The van der Waals surface area contributed by atoms with Crippen LogP contribution in [-0.2, 0) is 6.54 Å². The zero-order valence-electron chi connectivity index (χ0n) is 12.3. The van der Waals surface area contributed by atoms with Crippen molar-refractivity contribution in [1.29, 1.82) is 0 Å². The van der Waals surface area contributed by atoms with E-state index >= 15 is 0 Å². The summed E-state index contributed by atoms with van der Waals surface area (Å²) in [7, 11) is 3.13. The molecular formula is C16H17NO4. The minimum atomic E-state index is -0.292. The Morgan fingerprint density at radius 1 is 1.10 bits per heavy atom. The van der Waals surface area contributed by atoms with E-state index in [1.165, 1.54) is 6.07 Å². The summed E-state index contributed by atoms with van der Waals surface area (Å²) in [4.78, 5) is 23.1. The monoisotopic (exact) mass is 287 g/mol. The van der Waals surface area contributed by atoms with E-state index in [4.69, 9.17) is 9.47 Å². The number of hydrogen-bond donors (Lipinski definition) is 0. The maximum Gasteiger partial charge on any atom is 0.261 e. The maximum absolute atomic E-state index is 12.2. The number of aromatic nitrogens is 1. The van der Waals surface area contributed by atoms with Crippen LogP contribution in [0.3, 0.4) is 0 Å². The zero-order valence-corrected chi connectivity index (χ0v) is 12.3. The first-order valence-corrected chi connectivity index (χ1v) is 6.57. The second kappa shape index (κ2) is 6.26. The second-order valence-corrected chi connectivity index (χ2v) is 4.41. The molecule has 0 aliphatic carbocycles. The molecule has 0 fully saturated rings. The third-order valence-corrected chi connectivity index (χ3v) is 3.33. The summed E-state index contributed by atoms with van der Waals surface area (Å²) in [5, 5.41) is 0. The lowest BCUT2D eigenvalue weighted by molar-refractivity contribution is 0.112. The van der Waals surface area contributed by atoms with Gasteiger partial charge in [-0.3, -0.25) is 9.59 Å². The molecular weight excluding hydrogens is 270 g/mol. The van der Waals surface area contributed by atoms with Crippen molar-refractivity contribution in [3.05, 3.63) is 46.2 Å². The highest BCUT2D eigenvalue weighted by atomic mass is 16.5. The first-order valence-electron chi connectivity index (χ1n) is 6.57. The molecule has 0 spiro atoms. The van der Waals surface area contributed by atoms with Crippen molar-refractivity contribution >= 4 is 6.29 Å². The second-order valence-electron chi connectivity index (χ2n) is 4.41. The normalized spacial score (nSPS) is 10.2. The van der Waals surface area contributed by atoms with E-state index in [-0.39, 0.29) is 11.1 Å². The van der Waals surface area contributed by atoms with Crippen molar-refractivity contribution in [2.24, 2.45) is 0 Å². The highest BCUT2D eigenvalue weighted by Crippen LogP contribution is 2.31. The fourth-order valence-electron chi connectivity index (χ4n) is 2.25. The van der Waals surface area contributed by atoms with Gasteiger partial charge in [0.05, 0.1) is 25.5 Å². The summed E-state index contributed by atoms with van der Waals surface area (Å²) >= 11 is 0. The summed E-state index contributed by atoms with van der Waals surface area (Å²) in [6.45, 7) is 2.34. The van der Waals surface area contributed by atoms with Crippen LogP contribution < -0.4 is 15.0 Å². The molecule has 0 aliphatic heterocycles. The van der Waals surface area contributed by atoms with Crippen LogP contribution in [0.4, 0.5) is 0 Å². The lowest BCUT2D eigenvalue weighted by atomic mass is 10.1. The van der Waals surface area contributed by atoms with Crippen LogP contribution >= 0.6 is 0 Å². The van der Waals surface area contributed by atoms with E-state index in [9.17, 15) is 9.59 Å². The highest BCUT2D eigenvalue weighted by Gasteiger charge is 2.11. The van der Waals surface area contributed by atoms with Gasteiger partial charge in [-0.05, 0) is 37.3 Å². The van der Waals surface area contributed by atoms with Gasteiger partial charge in [-0.2, -0.15) is 0 Å². The van der Waals surface area contributed by atoms with E-state index in [1.54, 1.807) is 37.0 Å². The maximum atomic E-state index is 12.2. The Morgan fingerprint density at radius 2 is 1.81 bits per heavy atom. The third kappa shape index (κ3) is 2.67. The molecule has 0 bridgehead atoms. The summed E-state index contributed by atoms with van der Waals surface area (Å²) in [5.41, 5.74) is 1.42. The Balaban J connectivity index is 2.64. The van der Waals surface area contributed by atoms with Crippen LogP contribution in [0.25, 0.3) is 11.3 Å². The Hall–Kier alpha value is -2.56. The standard InChI is InChI=1S/C16H17NO4/c1-4-17-13(7-5-12(10-18)16(17)19)11-6-8-14(20-2)15(9-11)21-3/h5-10H,4H2,1-3H3. The predicted octanol–water partition coefficient (Wildman–Crippen LogP) is 2.36. The topological polar surface area (TPSA) is 57.5 Å². The number of rotatable bonds is 5. The lowest BCUT2D eigenvalue weighted by Crippen LogP contribution is -2.24. The van der Waals surface area contributed by atoms with Gasteiger partial charge in [-0.1, -0.05) is 0 Å². The number of carbonyl (C=O) groups is 1. The summed E-state index contributed by atoms with van der Waals surface area (Å²) in [6.07, 6.45) is 0.576. The molecule has 1 aromatic carbocycles. The summed E-state index contributed by atoms with van der Waals surface area (Å²) < 4.78 is 12.0. The van der Waals surface area contributed by atoms with Gasteiger partial charge in [0, 0.05) is 12.1 Å². The van der Waals surface area contributed by atoms with Crippen molar-refractivity contribution in [2.75, 3.05) is 14.2 Å². The van der Waals surface area contributed by atoms with Crippen LogP contribution in [0, 0.1) is 0 Å². The number of pyridine rings is 1. The molecule has 2 rings (SSSR count). The van der Waals surface area contributed by atoms with Gasteiger partial charge in [0.15, 0.2) is 17.8 Å². The number of aldehydes is 1. The van der Waals surface area contributed by atoms with E-state index in [1.807, 2.05) is 13.0 Å². The minimum absolute atomic E-state index is 0.154. The van der Waals surface area contributed by atoms with E-state index in [0.29, 0.717) is 24.3 Å². The molecule has 110 valence electrons. The van der Waals surface area contributed by atoms with Gasteiger partial charge in [-0.25, -0.2) is 0 Å². The highest BCUT2D eigenvalue weighted by molar-refractivity contribution is 5.75. The zero-order chi connectivity index (χ0) is 15.4. The van der Waals surface area contributed by atoms with Crippen molar-refractivity contribution in [1.82, 2.24) is 4.57 Å². The van der Waals surface area contributed by atoms with Crippen molar-refractivity contribution in [3.63, 3.8) is 0 Å². The smallest absolute Gasteiger partial charge is 0.261 e. The molecule has 0 atom stereocenters. The number of carbonyl (C=O) groups excluding carboxylic acids is 1. The SMILES string of the molecule is CCn1c(-c2ccc(OC)c(OC)c2)ccc(C=O)c1=O. The van der Waals surface area contributed by atoms with E-state index in [0.717, 1.165) is 11.3 Å². The van der Waals surface area contributed by atoms with Crippen molar-refractivity contribution < 1.29 is 14.3 Å². The van der Waals surface area contributed by atoms with Crippen LogP contribution in [0.15, 0.2) is 35.1 Å². The first-order chi connectivity index (χ1) is 10.2. The molecule has 0 saturated heterocycles. The quantitative estimate of drug-likeness (QED) is 0.792. The molecule has 0 saturated carbocycles. The van der Waals surface area contributed by atoms with Crippen LogP contribution in [0.5, 0.6) is 11.5 Å². The summed E-state index contributed by atoms with van der Waals surface area (Å²) in [5.74, 6) is 1.21. The molecule has 0 radical (unpaired) electrons. The first kappa shape index (κ1) is 14.8. The van der Waals surface area contributed by atoms with Crippen LogP contribution in [-0.4, -0.2) is 25.1 Å². The largest absolute Gasteiger partial charge is 0.493 e. The predicted molar refractivity (Wildman–Crippen MR) is 80.3 cm³/mol. The minimum Gasteiger partial charge on any atom is -0.493 e. The number of nitrogens with zero attached hydrogens (tertiary/aromatic N) is 1. The van der Waals surface area contributed by atoms with Gasteiger partial charge in [0.2, 0.25) is 0 Å². The Bertz CT molecular complexity index is 719. The average Bonchev–Trinajstić information content (AvgIpc) is 2.53. The Kier molecular flexibility index (Phi) is 4.42. The molecule has 5 nitrogen and oxygen atoms in total. The fourth-order valence-corrected chi connectivity index (χ4v) is 2.25. The fraction of sp³-hybridized carbons (Fsp3) is 0.250. The number of hydrogen-bond acceptors (Lipinski definition) is 4.